The van der Waals surface area contributed by atoms with E-state index in [2.05, 4.69) is 27.1 Å². The first kappa shape index (κ1) is 15.4. The van der Waals surface area contributed by atoms with Gasteiger partial charge in [-0.3, -0.25) is 14.6 Å². The lowest BCUT2D eigenvalue weighted by molar-refractivity contribution is -0.139. The van der Waals surface area contributed by atoms with Crippen molar-refractivity contribution in [1.29, 1.82) is 0 Å². The number of carbonyl (C=O) groups is 1. The van der Waals surface area contributed by atoms with Crippen LogP contribution in [0.25, 0.3) is 0 Å². The molecular weight excluding hydrogens is 302 g/mol. The Bertz CT molecular complexity index is 701. The molecule has 1 atom stereocenters. The van der Waals surface area contributed by atoms with E-state index in [1.165, 1.54) is 11.3 Å². The Morgan fingerprint density at radius 2 is 2.33 bits per heavy atom. The predicted octanol–water partition coefficient (Wildman–Crippen LogP) is 2.36. The number of H-pyrrole nitrogens is 1. The van der Waals surface area contributed by atoms with E-state index in [0.717, 1.165) is 45.2 Å². The molecule has 128 valence electrons. The van der Waals surface area contributed by atoms with Crippen molar-refractivity contribution < 1.29 is 4.79 Å². The van der Waals surface area contributed by atoms with Crippen LogP contribution < -0.4 is 0 Å². The maximum atomic E-state index is 13.1. The van der Waals surface area contributed by atoms with Gasteiger partial charge in [0.2, 0.25) is 5.91 Å². The summed E-state index contributed by atoms with van der Waals surface area (Å²) in [6, 6.07) is 1.92. The smallest absolute Gasteiger partial charge is 0.230 e. The second-order valence-electron chi connectivity index (χ2n) is 7.24. The van der Waals surface area contributed by atoms with E-state index in [1.807, 2.05) is 23.1 Å². The van der Waals surface area contributed by atoms with E-state index in [9.17, 15) is 4.79 Å². The summed E-state index contributed by atoms with van der Waals surface area (Å²) in [5, 5.41) is 11.7. The van der Waals surface area contributed by atoms with Crippen molar-refractivity contribution in [3.05, 3.63) is 35.9 Å². The number of piperidine rings is 1. The fourth-order valence-electron chi connectivity index (χ4n) is 3.98. The number of aromatic nitrogens is 4. The highest BCUT2D eigenvalue weighted by atomic mass is 16.2. The molecule has 1 amide bonds. The molecular formula is C18H25N5O. The molecule has 4 rings (SSSR count). The van der Waals surface area contributed by atoms with Crippen LogP contribution in [0.3, 0.4) is 0 Å². The molecule has 2 aromatic heterocycles. The number of rotatable bonds is 5. The first-order valence-corrected chi connectivity index (χ1v) is 9.01. The molecule has 1 N–H and O–H groups in total. The Morgan fingerprint density at radius 3 is 3.04 bits per heavy atom. The molecule has 1 aliphatic heterocycles. The SMILES string of the molecule is CCc1cn[nH]c1[C@@H]1CCCN(C(=O)C2(Cn3cccn3)CC2)C1. The first-order chi connectivity index (χ1) is 11.7. The Kier molecular flexibility index (Phi) is 3.90. The molecule has 0 radical (unpaired) electrons. The summed E-state index contributed by atoms with van der Waals surface area (Å²) in [6.07, 6.45) is 10.8. The number of hydrogen-bond acceptors (Lipinski definition) is 3. The van der Waals surface area contributed by atoms with Crippen LogP contribution in [0.5, 0.6) is 0 Å². The van der Waals surface area contributed by atoms with Gasteiger partial charge in [-0.25, -0.2) is 0 Å². The number of carbonyl (C=O) groups excluding carboxylic acids is 1. The zero-order valence-corrected chi connectivity index (χ0v) is 14.2. The quantitative estimate of drug-likeness (QED) is 0.917. The molecule has 3 heterocycles. The Labute approximate surface area is 142 Å². The van der Waals surface area contributed by atoms with Crippen molar-refractivity contribution in [3.63, 3.8) is 0 Å². The van der Waals surface area contributed by atoms with Crippen LogP contribution >= 0.6 is 0 Å². The highest BCUT2D eigenvalue weighted by Gasteiger charge is 2.52. The van der Waals surface area contributed by atoms with Crippen LogP contribution in [0.4, 0.5) is 0 Å². The summed E-state index contributed by atoms with van der Waals surface area (Å²) in [6.45, 7) is 4.56. The van der Waals surface area contributed by atoms with Gasteiger partial charge in [-0.1, -0.05) is 6.92 Å². The molecule has 0 spiro atoms. The normalized spacial score (nSPS) is 22.5. The van der Waals surface area contributed by atoms with Crippen LogP contribution in [0.1, 0.15) is 49.8 Å². The molecule has 1 saturated carbocycles. The summed E-state index contributed by atoms with van der Waals surface area (Å²) in [4.78, 5) is 15.2. The molecule has 2 aromatic rings. The van der Waals surface area contributed by atoms with Gasteiger partial charge < -0.3 is 4.90 Å². The van der Waals surface area contributed by atoms with Gasteiger partial charge in [0.25, 0.3) is 0 Å². The molecule has 1 saturated heterocycles. The molecule has 2 fully saturated rings. The van der Waals surface area contributed by atoms with Crippen LogP contribution in [-0.2, 0) is 17.8 Å². The van der Waals surface area contributed by atoms with Crippen molar-refractivity contribution in [3.8, 4) is 0 Å². The zero-order valence-electron chi connectivity index (χ0n) is 14.2. The second kappa shape index (κ2) is 6.07. The van der Waals surface area contributed by atoms with Crippen LogP contribution in [0.2, 0.25) is 0 Å². The van der Waals surface area contributed by atoms with E-state index < -0.39 is 0 Å². The van der Waals surface area contributed by atoms with Crippen molar-refractivity contribution in [1.82, 2.24) is 24.9 Å². The average Bonchev–Trinajstić information content (AvgIpc) is 3.03. The molecule has 2 aliphatic rings. The average molecular weight is 327 g/mol. The summed E-state index contributed by atoms with van der Waals surface area (Å²) in [5.74, 6) is 0.709. The zero-order chi connectivity index (χ0) is 16.6. The number of nitrogens with zero attached hydrogens (tertiary/aromatic N) is 4. The number of aromatic amines is 1. The third-order valence-corrected chi connectivity index (χ3v) is 5.58. The van der Waals surface area contributed by atoms with Crippen molar-refractivity contribution in [2.45, 2.75) is 51.5 Å². The molecule has 6 nitrogen and oxygen atoms in total. The predicted molar refractivity (Wildman–Crippen MR) is 90.4 cm³/mol. The number of aryl methyl sites for hydroxylation is 1. The number of nitrogens with one attached hydrogen (secondary N) is 1. The maximum Gasteiger partial charge on any atom is 0.230 e. The van der Waals surface area contributed by atoms with Gasteiger partial charge in [-0.15, -0.1) is 0 Å². The maximum absolute atomic E-state index is 13.1. The van der Waals surface area contributed by atoms with Gasteiger partial charge in [-0.2, -0.15) is 10.2 Å². The van der Waals surface area contributed by atoms with Crippen molar-refractivity contribution in [2.75, 3.05) is 13.1 Å². The lowest BCUT2D eigenvalue weighted by Gasteiger charge is -2.35. The number of hydrogen-bond donors (Lipinski definition) is 1. The van der Waals surface area contributed by atoms with E-state index in [0.29, 0.717) is 18.4 Å². The van der Waals surface area contributed by atoms with Gasteiger partial charge in [0.1, 0.15) is 0 Å². The fourth-order valence-corrected chi connectivity index (χ4v) is 3.98. The Balaban J connectivity index is 1.47. The molecule has 0 bridgehead atoms. The van der Waals surface area contributed by atoms with Gasteiger partial charge in [0.05, 0.1) is 18.2 Å². The lowest BCUT2D eigenvalue weighted by Crippen LogP contribution is -2.44. The molecule has 24 heavy (non-hydrogen) atoms. The third kappa shape index (κ3) is 2.74. The molecule has 6 heteroatoms. The molecule has 1 aliphatic carbocycles. The molecule has 0 unspecified atom stereocenters. The third-order valence-electron chi connectivity index (χ3n) is 5.58. The van der Waals surface area contributed by atoms with Gasteiger partial charge in [-0.05, 0) is 43.7 Å². The number of amides is 1. The Hall–Kier alpha value is -2.11. The largest absolute Gasteiger partial charge is 0.341 e. The molecule has 0 aromatic carbocycles. The fraction of sp³-hybridized carbons (Fsp3) is 0.611. The first-order valence-electron chi connectivity index (χ1n) is 9.01. The standard InChI is InChI=1S/C18H25N5O/c1-2-14-11-19-21-16(14)15-5-3-9-22(12-15)17(24)18(6-7-18)13-23-10-4-8-20-23/h4,8,10-11,15H,2-3,5-7,9,12-13H2,1H3,(H,19,21)/t15-/m1/s1. The summed E-state index contributed by atoms with van der Waals surface area (Å²) in [5.41, 5.74) is 2.30. The van der Waals surface area contributed by atoms with Gasteiger partial charge in [0, 0.05) is 37.1 Å². The van der Waals surface area contributed by atoms with Crippen molar-refractivity contribution >= 4 is 5.91 Å². The summed E-state index contributed by atoms with van der Waals surface area (Å²) < 4.78 is 1.90. The monoisotopic (exact) mass is 327 g/mol. The second-order valence-corrected chi connectivity index (χ2v) is 7.24. The van der Waals surface area contributed by atoms with E-state index in [-0.39, 0.29) is 5.41 Å². The van der Waals surface area contributed by atoms with E-state index in [4.69, 9.17) is 0 Å². The summed E-state index contributed by atoms with van der Waals surface area (Å²) in [7, 11) is 0. The van der Waals surface area contributed by atoms with Crippen LogP contribution in [0.15, 0.2) is 24.7 Å². The highest BCUT2D eigenvalue weighted by Crippen LogP contribution is 2.49. The number of likely N-dealkylation sites (tertiary alicyclic amines) is 1. The van der Waals surface area contributed by atoms with E-state index in [1.54, 1.807) is 6.20 Å². The topological polar surface area (TPSA) is 66.8 Å². The highest BCUT2D eigenvalue weighted by molar-refractivity contribution is 5.85. The lowest BCUT2D eigenvalue weighted by atomic mass is 9.91. The minimum absolute atomic E-state index is 0.213. The van der Waals surface area contributed by atoms with Crippen LogP contribution in [-0.4, -0.2) is 43.9 Å². The van der Waals surface area contributed by atoms with Crippen molar-refractivity contribution in [2.24, 2.45) is 5.41 Å². The minimum Gasteiger partial charge on any atom is -0.341 e. The van der Waals surface area contributed by atoms with E-state index >= 15 is 0 Å². The van der Waals surface area contributed by atoms with Gasteiger partial charge in [0.15, 0.2) is 0 Å². The summed E-state index contributed by atoms with van der Waals surface area (Å²) >= 11 is 0. The minimum atomic E-state index is -0.213. The Morgan fingerprint density at radius 1 is 1.46 bits per heavy atom. The van der Waals surface area contributed by atoms with Gasteiger partial charge >= 0.3 is 0 Å². The van der Waals surface area contributed by atoms with Crippen LogP contribution in [0, 0.1) is 5.41 Å².